The van der Waals surface area contributed by atoms with Crippen molar-refractivity contribution >= 4 is 15.2 Å². The van der Waals surface area contributed by atoms with Crippen LogP contribution in [0, 0.1) is 5.92 Å². The summed E-state index contributed by atoms with van der Waals surface area (Å²) in [6, 6.07) is 9.98. The van der Waals surface area contributed by atoms with E-state index in [9.17, 15) is 4.79 Å². The van der Waals surface area contributed by atoms with Gasteiger partial charge in [-0.25, -0.2) is 0 Å². The Kier molecular flexibility index (Phi) is 9.69. The van der Waals surface area contributed by atoms with E-state index in [4.69, 9.17) is 9.84 Å². The number of rotatable bonds is 4. The molecule has 0 aliphatic carbocycles. The van der Waals surface area contributed by atoms with Crippen molar-refractivity contribution in [1.82, 2.24) is 0 Å². The number of hydrogen-bond donors (Lipinski definition) is 1. The Morgan fingerprint density at radius 3 is 2.41 bits per heavy atom. The van der Waals surface area contributed by atoms with Crippen molar-refractivity contribution in [3.63, 3.8) is 0 Å². The summed E-state index contributed by atoms with van der Waals surface area (Å²) in [6.07, 6.45) is 0.916. The fourth-order valence-electron chi connectivity index (χ4n) is 1.34. The molecule has 96 valence electrons. The van der Waals surface area contributed by atoms with Crippen LogP contribution in [0.1, 0.15) is 19.4 Å². The molecule has 0 spiro atoms. The van der Waals surface area contributed by atoms with Gasteiger partial charge in [0.15, 0.2) is 0 Å². The van der Waals surface area contributed by atoms with Crippen LogP contribution in [0.5, 0.6) is 0 Å². The Morgan fingerprint density at radius 1 is 1.41 bits per heavy atom. The van der Waals surface area contributed by atoms with Gasteiger partial charge >= 0.3 is 5.97 Å². The largest absolute Gasteiger partial charge is 0.466 e. The van der Waals surface area contributed by atoms with Gasteiger partial charge in [-0.1, -0.05) is 37.3 Å². The average Bonchev–Trinajstić information content (AvgIpc) is 2.31. The number of carbonyl (C=O) groups excluding carboxylic acids is 1. The van der Waals surface area contributed by atoms with Crippen LogP contribution in [0.4, 0.5) is 0 Å². The zero-order valence-corrected chi connectivity index (χ0v) is 11.6. The summed E-state index contributed by atoms with van der Waals surface area (Å²) in [6.45, 7) is 4.18. The van der Waals surface area contributed by atoms with Gasteiger partial charge < -0.3 is 9.84 Å². The molecule has 0 saturated heterocycles. The number of ether oxygens (including phenoxy) is 1. The van der Waals surface area contributed by atoms with Gasteiger partial charge in [0.05, 0.1) is 18.9 Å². The molecule has 2 unspecified atom stereocenters. The Hall–Kier alpha value is -0.920. The van der Waals surface area contributed by atoms with Crippen molar-refractivity contribution in [2.45, 2.75) is 20.3 Å². The fraction of sp³-hybridized carbons (Fsp3) is 0.462. The third-order valence-electron chi connectivity index (χ3n) is 2.07. The number of hydrogen-bond acceptors (Lipinski definition) is 3. The van der Waals surface area contributed by atoms with Crippen LogP contribution in [0.25, 0.3) is 0 Å². The minimum absolute atomic E-state index is 0.0580. The molecule has 1 aromatic rings. The normalized spacial score (nSPS) is 11.1. The third-order valence-corrected chi connectivity index (χ3v) is 2.07. The van der Waals surface area contributed by atoms with Crippen molar-refractivity contribution in [2.24, 2.45) is 5.92 Å². The van der Waals surface area contributed by atoms with Gasteiger partial charge in [0.1, 0.15) is 0 Å². The molecule has 1 rings (SSSR count). The molecule has 17 heavy (non-hydrogen) atoms. The summed E-state index contributed by atoms with van der Waals surface area (Å²) < 4.78 is 4.94. The molecule has 1 N–H and O–H groups in total. The molecule has 0 heterocycles. The van der Waals surface area contributed by atoms with Crippen LogP contribution in [0.3, 0.4) is 0 Å². The molecule has 0 amide bonds. The predicted molar refractivity (Wildman–Crippen MR) is 72.7 cm³/mol. The Labute approximate surface area is 105 Å². The highest BCUT2D eigenvalue weighted by Gasteiger charge is 2.13. The number of aliphatic hydroxyl groups excluding tert-OH is 1. The molecule has 0 bridgehead atoms. The molecule has 0 aliphatic heterocycles. The monoisotopic (exact) mass is 256 g/mol. The molecule has 0 fully saturated rings. The Balaban J connectivity index is 0.000000770. The van der Waals surface area contributed by atoms with Gasteiger partial charge in [0.25, 0.3) is 0 Å². The van der Waals surface area contributed by atoms with Gasteiger partial charge in [-0.05, 0) is 18.9 Å². The third kappa shape index (κ3) is 7.89. The van der Waals surface area contributed by atoms with Crippen molar-refractivity contribution in [3.05, 3.63) is 35.9 Å². The van der Waals surface area contributed by atoms with Gasteiger partial charge in [-0.15, -0.1) is 9.24 Å². The zero-order valence-electron chi connectivity index (χ0n) is 10.4. The van der Waals surface area contributed by atoms with E-state index in [0.29, 0.717) is 6.61 Å². The minimum Gasteiger partial charge on any atom is -0.466 e. The first kappa shape index (κ1) is 16.1. The highest BCUT2D eigenvalue weighted by Crippen LogP contribution is 2.09. The van der Waals surface area contributed by atoms with Crippen LogP contribution >= 0.6 is 9.24 Å². The molecule has 0 radical (unpaired) electrons. The molecule has 1 aromatic carbocycles. The molecule has 3 nitrogen and oxygen atoms in total. The first-order valence-electron chi connectivity index (χ1n) is 5.67. The average molecular weight is 256 g/mol. The van der Waals surface area contributed by atoms with Crippen molar-refractivity contribution in [3.8, 4) is 0 Å². The van der Waals surface area contributed by atoms with Crippen LogP contribution in [-0.2, 0) is 16.0 Å². The first-order valence-corrected chi connectivity index (χ1v) is 6.48. The second-order valence-corrected chi connectivity index (χ2v) is 3.89. The lowest BCUT2D eigenvalue weighted by molar-refractivity contribution is -0.147. The second-order valence-electron chi connectivity index (χ2n) is 3.53. The Bertz CT molecular complexity index is 301. The number of carbonyl (C=O) groups is 1. The van der Waals surface area contributed by atoms with E-state index in [1.807, 2.05) is 44.2 Å². The van der Waals surface area contributed by atoms with E-state index in [2.05, 4.69) is 9.24 Å². The topological polar surface area (TPSA) is 46.5 Å². The highest BCUT2D eigenvalue weighted by molar-refractivity contribution is 7.16. The van der Waals surface area contributed by atoms with E-state index in [0.717, 1.165) is 6.42 Å². The maximum absolute atomic E-state index is 11.3. The molecule has 0 aliphatic rings. The summed E-state index contributed by atoms with van der Waals surface area (Å²) in [4.78, 5) is 11.3. The second kappa shape index (κ2) is 10.2. The molecular weight excluding hydrogens is 235 g/mol. The first-order chi connectivity index (χ1) is 8.15. The number of aliphatic hydroxyl groups is 1. The molecular formula is C13H21O3P. The highest BCUT2D eigenvalue weighted by atomic mass is 31.0. The summed E-state index contributed by atoms with van der Waals surface area (Å²) in [5.41, 5.74) is 1.17. The van der Waals surface area contributed by atoms with E-state index < -0.39 is 0 Å². The van der Waals surface area contributed by atoms with Crippen LogP contribution in [0.15, 0.2) is 30.3 Å². The van der Waals surface area contributed by atoms with E-state index >= 15 is 0 Å². The number of esters is 1. The maximum Gasteiger partial charge on any atom is 0.308 e. The summed E-state index contributed by atoms with van der Waals surface area (Å²) in [7, 11) is 2.13. The molecule has 0 saturated carbocycles. The van der Waals surface area contributed by atoms with Gasteiger partial charge in [0, 0.05) is 0 Å². The van der Waals surface area contributed by atoms with Gasteiger partial charge in [-0.3, -0.25) is 4.79 Å². The smallest absolute Gasteiger partial charge is 0.308 e. The fourth-order valence-corrected chi connectivity index (χ4v) is 1.34. The van der Waals surface area contributed by atoms with Gasteiger partial charge in [-0.2, -0.15) is 0 Å². The van der Waals surface area contributed by atoms with E-state index in [-0.39, 0.29) is 18.2 Å². The van der Waals surface area contributed by atoms with Crippen LogP contribution in [-0.4, -0.2) is 24.0 Å². The lowest BCUT2D eigenvalue weighted by Crippen LogP contribution is -2.16. The van der Waals surface area contributed by atoms with E-state index in [1.54, 1.807) is 0 Å². The lowest BCUT2D eigenvalue weighted by atomic mass is 10.0. The summed E-state index contributed by atoms with van der Waals surface area (Å²) >= 11 is 0. The lowest BCUT2D eigenvalue weighted by Gasteiger charge is -2.09. The predicted octanol–water partition coefficient (Wildman–Crippen LogP) is 2.24. The summed E-state index contributed by atoms with van der Waals surface area (Å²) in [5, 5.41) is 7.53. The van der Waals surface area contributed by atoms with Crippen molar-refractivity contribution in [2.75, 3.05) is 13.0 Å². The molecule has 4 heteroatoms. The summed E-state index contributed by atoms with van der Waals surface area (Å²) in [5.74, 6) is -0.172. The SMILES string of the molecule is CCOC(=O)C(C)Cc1ccccc1.OCP. The van der Waals surface area contributed by atoms with E-state index in [1.165, 1.54) is 5.56 Å². The minimum atomic E-state index is -0.114. The maximum atomic E-state index is 11.3. The van der Waals surface area contributed by atoms with Crippen LogP contribution in [0.2, 0.25) is 0 Å². The van der Waals surface area contributed by atoms with Crippen molar-refractivity contribution in [1.29, 1.82) is 0 Å². The molecule has 2 atom stereocenters. The quantitative estimate of drug-likeness (QED) is 0.664. The number of benzene rings is 1. The van der Waals surface area contributed by atoms with Crippen molar-refractivity contribution < 1.29 is 14.6 Å². The molecule has 0 aromatic heterocycles. The van der Waals surface area contributed by atoms with Gasteiger partial charge in [0.2, 0.25) is 0 Å². The van der Waals surface area contributed by atoms with Crippen LogP contribution < -0.4 is 0 Å². The standard InChI is InChI=1S/C12H16O2.CH5OP/c1-3-14-12(13)10(2)9-11-7-5-4-6-8-11;2-1-3/h4-8,10H,3,9H2,1-2H3;2H,1,3H2. The zero-order chi connectivity index (χ0) is 13.1. The Morgan fingerprint density at radius 2 is 1.94 bits per heavy atom.